The van der Waals surface area contributed by atoms with Gasteiger partial charge in [0.2, 0.25) is 5.82 Å². The Bertz CT molecular complexity index is 1080. The van der Waals surface area contributed by atoms with E-state index in [1.54, 1.807) is 30.6 Å². The number of H-pyrrole nitrogens is 1. The molecule has 2 aromatic carbocycles. The third kappa shape index (κ3) is 3.04. The van der Waals surface area contributed by atoms with Crippen LogP contribution in [-0.2, 0) is 5.54 Å². The number of aromatic amines is 1. The van der Waals surface area contributed by atoms with Gasteiger partial charge in [0, 0.05) is 5.56 Å². The Hall–Kier alpha value is -3.00. The second-order valence-electron chi connectivity index (χ2n) is 7.24. The van der Waals surface area contributed by atoms with Gasteiger partial charge < -0.3 is 10.1 Å². The molecule has 2 aliphatic rings. The third-order valence-electron chi connectivity index (χ3n) is 5.55. The first-order valence-corrected chi connectivity index (χ1v) is 9.89. The summed E-state index contributed by atoms with van der Waals surface area (Å²) in [5.74, 6) is 0.302. The van der Waals surface area contributed by atoms with Crippen molar-refractivity contribution < 1.29 is 9.13 Å². The Morgan fingerprint density at radius 2 is 1.97 bits per heavy atom. The number of hydrogen-bond acceptors (Lipinski definition) is 6. The number of aliphatic imine (C=N–C) groups is 1. The molecule has 1 saturated carbocycles. The average molecular weight is 413 g/mol. The average Bonchev–Trinajstić information content (AvgIpc) is 3.27. The van der Waals surface area contributed by atoms with Crippen LogP contribution >= 0.6 is 11.6 Å². The molecule has 0 amide bonds. The van der Waals surface area contributed by atoms with E-state index in [2.05, 4.69) is 25.9 Å². The monoisotopic (exact) mass is 412 g/mol. The first-order chi connectivity index (χ1) is 14.2. The second-order valence-corrected chi connectivity index (χ2v) is 7.65. The summed E-state index contributed by atoms with van der Waals surface area (Å²) in [6.07, 6.45) is 6.80. The van der Waals surface area contributed by atoms with Crippen LogP contribution in [0, 0.1) is 5.82 Å². The van der Waals surface area contributed by atoms with Gasteiger partial charge in [0.25, 0.3) is 0 Å². The number of halogens is 2. The van der Waals surface area contributed by atoms with Crippen molar-refractivity contribution in [3.8, 4) is 22.9 Å². The SMILES string of the molecule is Fc1cccc(-c2nn[nH]n2)c1Oc1ccc(Cl)c2c1C1(CCCCC1)N=CN2. The van der Waals surface area contributed by atoms with Crippen LogP contribution in [0.25, 0.3) is 11.4 Å². The van der Waals surface area contributed by atoms with E-state index in [4.69, 9.17) is 21.3 Å². The second kappa shape index (κ2) is 7.11. The maximum atomic E-state index is 14.8. The van der Waals surface area contributed by atoms with Crippen molar-refractivity contribution in [2.24, 2.45) is 4.99 Å². The lowest BCUT2D eigenvalue weighted by Crippen LogP contribution is -2.32. The van der Waals surface area contributed by atoms with Crippen molar-refractivity contribution in [2.75, 3.05) is 5.32 Å². The molecule has 1 aromatic heterocycles. The lowest BCUT2D eigenvalue weighted by Gasteiger charge is -2.39. The molecule has 2 N–H and O–H groups in total. The van der Waals surface area contributed by atoms with Gasteiger partial charge in [0.15, 0.2) is 11.6 Å². The molecule has 2 heterocycles. The summed E-state index contributed by atoms with van der Waals surface area (Å²) in [5, 5.41) is 17.6. The van der Waals surface area contributed by atoms with E-state index < -0.39 is 11.4 Å². The van der Waals surface area contributed by atoms with Crippen LogP contribution in [0.5, 0.6) is 11.5 Å². The van der Waals surface area contributed by atoms with Gasteiger partial charge in [-0.3, -0.25) is 4.99 Å². The van der Waals surface area contributed by atoms with Gasteiger partial charge in [-0.15, -0.1) is 10.2 Å². The first kappa shape index (κ1) is 18.1. The van der Waals surface area contributed by atoms with Gasteiger partial charge in [0.1, 0.15) is 5.75 Å². The number of nitrogens with one attached hydrogen (secondary N) is 2. The number of ether oxygens (including phenoxy) is 1. The van der Waals surface area contributed by atoms with E-state index >= 15 is 0 Å². The molecule has 1 fully saturated rings. The van der Waals surface area contributed by atoms with E-state index in [1.807, 2.05) is 0 Å². The zero-order valence-corrected chi connectivity index (χ0v) is 16.2. The van der Waals surface area contributed by atoms with Gasteiger partial charge in [-0.05, 0) is 42.3 Å². The number of benzene rings is 2. The van der Waals surface area contributed by atoms with E-state index in [9.17, 15) is 4.39 Å². The highest BCUT2D eigenvalue weighted by Crippen LogP contribution is 2.52. The molecule has 1 aliphatic heterocycles. The number of rotatable bonds is 3. The normalized spacial score (nSPS) is 17.0. The molecular formula is C20H18ClFN6O. The molecule has 0 bridgehead atoms. The maximum Gasteiger partial charge on any atom is 0.208 e. The van der Waals surface area contributed by atoms with Gasteiger partial charge in [-0.1, -0.05) is 36.9 Å². The van der Waals surface area contributed by atoms with Gasteiger partial charge in [-0.25, -0.2) is 4.39 Å². The molecule has 1 spiro atoms. The lowest BCUT2D eigenvalue weighted by molar-refractivity contribution is 0.296. The number of fused-ring (bicyclic) bond motifs is 2. The summed E-state index contributed by atoms with van der Waals surface area (Å²) < 4.78 is 21.0. The Balaban J connectivity index is 1.65. The van der Waals surface area contributed by atoms with E-state index in [1.165, 1.54) is 12.5 Å². The molecule has 9 heteroatoms. The molecule has 0 saturated heterocycles. The largest absolute Gasteiger partial charge is 0.453 e. The van der Waals surface area contributed by atoms with Gasteiger partial charge in [0.05, 0.1) is 28.2 Å². The summed E-state index contributed by atoms with van der Waals surface area (Å²) >= 11 is 6.48. The predicted molar refractivity (Wildman–Crippen MR) is 108 cm³/mol. The number of aromatic nitrogens is 4. The Morgan fingerprint density at radius 1 is 1.10 bits per heavy atom. The molecule has 5 rings (SSSR count). The smallest absolute Gasteiger partial charge is 0.208 e. The van der Waals surface area contributed by atoms with Crippen molar-refractivity contribution >= 4 is 23.6 Å². The minimum absolute atomic E-state index is 0.0407. The summed E-state index contributed by atoms with van der Waals surface area (Å²) in [7, 11) is 0. The number of para-hydroxylation sites is 1. The topological polar surface area (TPSA) is 88.1 Å². The number of anilines is 1. The van der Waals surface area contributed by atoms with Crippen molar-refractivity contribution in [3.05, 3.63) is 46.7 Å². The summed E-state index contributed by atoms with van der Waals surface area (Å²) in [6, 6.07) is 8.13. The standard InChI is InChI=1S/C20H18ClFN6O/c21-13-7-8-15(16-17(13)23-11-24-20(16)9-2-1-3-10-20)29-18-12(5-4-6-14(18)22)19-25-27-28-26-19/h4-8,11H,1-3,9-10H2,(H,23,24)(H,25,26,27,28). The Labute approximate surface area is 171 Å². The molecule has 0 atom stereocenters. The van der Waals surface area contributed by atoms with Crippen LogP contribution in [0.3, 0.4) is 0 Å². The van der Waals surface area contributed by atoms with E-state index in [0.29, 0.717) is 16.3 Å². The third-order valence-corrected chi connectivity index (χ3v) is 5.86. The number of hydrogen-bond donors (Lipinski definition) is 2. The van der Waals surface area contributed by atoms with Crippen molar-refractivity contribution in [2.45, 2.75) is 37.6 Å². The van der Waals surface area contributed by atoms with Gasteiger partial charge in [-0.2, -0.15) is 5.21 Å². The zero-order valence-electron chi connectivity index (χ0n) is 15.5. The molecule has 0 radical (unpaired) electrons. The van der Waals surface area contributed by atoms with E-state index in [-0.39, 0.29) is 11.6 Å². The van der Waals surface area contributed by atoms with Gasteiger partial charge >= 0.3 is 0 Å². The van der Waals surface area contributed by atoms with Crippen LogP contribution < -0.4 is 10.1 Å². The predicted octanol–water partition coefficient (Wildman–Crippen LogP) is 5.06. The fraction of sp³-hybridized carbons (Fsp3) is 0.300. The highest BCUT2D eigenvalue weighted by Gasteiger charge is 2.40. The highest BCUT2D eigenvalue weighted by atomic mass is 35.5. The van der Waals surface area contributed by atoms with Crippen LogP contribution in [0.2, 0.25) is 5.02 Å². The minimum atomic E-state index is -0.513. The fourth-order valence-corrected chi connectivity index (χ4v) is 4.43. The summed E-state index contributed by atoms with van der Waals surface area (Å²) in [6.45, 7) is 0. The van der Waals surface area contributed by atoms with Crippen LogP contribution in [0.4, 0.5) is 10.1 Å². The fourth-order valence-electron chi connectivity index (χ4n) is 4.22. The summed E-state index contributed by atoms with van der Waals surface area (Å²) in [4.78, 5) is 4.79. The van der Waals surface area contributed by atoms with Crippen LogP contribution in [0.1, 0.15) is 37.7 Å². The molecule has 3 aromatic rings. The molecule has 0 unspecified atom stereocenters. The van der Waals surface area contributed by atoms with Crippen molar-refractivity contribution in [1.29, 1.82) is 0 Å². The highest BCUT2D eigenvalue weighted by molar-refractivity contribution is 6.34. The molecule has 1 aliphatic carbocycles. The van der Waals surface area contributed by atoms with Crippen molar-refractivity contribution in [3.63, 3.8) is 0 Å². The Kier molecular flexibility index (Phi) is 4.43. The molecule has 7 nitrogen and oxygen atoms in total. The quantitative estimate of drug-likeness (QED) is 0.627. The molecule has 148 valence electrons. The minimum Gasteiger partial charge on any atom is -0.453 e. The maximum absolute atomic E-state index is 14.8. The molecular weight excluding hydrogens is 395 g/mol. The molecule has 29 heavy (non-hydrogen) atoms. The number of nitrogens with zero attached hydrogens (tertiary/aromatic N) is 4. The van der Waals surface area contributed by atoms with Crippen LogP contribution in [-0.4, -0.2) is 27.0 Å². The number of tetrazole rings is 1. The lowest BCUT2D eigenvalue weighted by atomic mass is 9.75. The first-order valence-electron chi connectivity index (χ1n) is 9.51. The Morgan fingerprint density at radius 3 is 2.76 bits per heavy atom. The van der Waals surface area contributed by atoms with Crippen LogP contribution in [0.15, 0.2) is 35.3 Å². The summed E-state index contributed by atoms with van der Waals surface area (Å²) in [5.41, 5.74) is 1.62. The zero-order chi connectivity index (χ0) is 19.8. The van der Waals surface area contributed by atoms with Crippen molar-refractivity contribution in [1.82, 2.24) is 20.6 Å². The van der Waals surface area contributed by atoms with E-state index in [0.717, 1.165) is 36.9 Å².